The van der Waals surface area contributed by atoms with Crippen LogP contribution in [0.3, 0.4) is 0 Å². The van der Waals surface area contributed by atoms with Gasteiger partial charge in [0.1, 0.15) is 21.7 Å². The highest BCUT2D eigenvalue weighted by atomic mass is 32.2. The molecule has 3 aromatic carbocycles. The summed E-state index contributed by atoms with van der Waals surface area (Å²) in [6.07, 6.45) is 0. The molecule has 0 fully saturated rings. The van der Waals surface area contributed by atoms with Crippen molar-refractivity contribution in [3.63, 3.8) is 0 Å². The van der Waals surface area contributed by atoms with Gasteiger partial charge >= 0.3 is 5.63 Å². The van der Waals surface area contributed by atoms with E-state index in [9.17, 15) is 19.1 Å². The molecule has 2 heterocycles. The molecule has 0 aliphatic rings. The van der Waals surface area contributed by atoms with E-state index < -0.39 is 22.8 Å². The summed E-state index contributed by atoms with van der Waals surface area (Å²) in [6, 6.07) is 23.5. The lowest BCUT2D eigenvalue weighted by molar-refractivity contribution is 0.446. The van der Waals surface area contributed by atoms with Crippen LogP contribution in [0.4, 0.5) is 4.39 Å². The van der Waals surface area contributed by atoms with Crippen molar-refractivity contribution < 1.29 is 13.9 Å². The number of aromatic hydroxyl groups is 1. The van der Waals surface area contributed by atoms with E-state index in [4.69, 9.17) is 4.42 Å². The second kappa shape index (κ2) is 8.68. The molecule has 5 aromatic rings. The maximum Gasteiger partial charge on any atom is 0.354 e. The highest BCUT2D eigenvalue weighted by Gasteiger charge is 2.22. The van der Waals surface area contributed by atoms with Crippen LogP contribution < -0.4 is 11.2 Å². The smallest absolute Gasteiger partial charge is 0.354 e. The molecule has 5 nitrogen and oxygen atoms in total. The number of halogens is 1. The molecule has 0 bridgehead atoms. The van der Waals surface area contributed by atoms with E-state index in [2.05, 4.69) is 0 Å². The zero-order valence-corrected chi connectivity index (χ0v) is 18.8. The zero-order valence-electron chi connectivity index (χ0n) is 18.0. The van der Waals surface area contributed by atoms with Crippen LogP contribution in [-0.4, -0.2) is 9.67 Å². The number of hydrogen-bond donors (Lipinski definition) is 1. The fourth-order valence-electron chi connectivity index (χ4n) is 3.82. The van der Waals surface area contributed by atoms with Gasteiger partial charge in [-0.2, -0.15) is 0 Å². The molecule has 1 N–H and O–H groups in total. The quantitative estimate of drug-likeness (QED) is 0.353. The summed E-state index contributed by atoms with van der Waals surface area (Å²) in [5, 5.41) is 10.9. The van der Waals surface area contributed by atoms with Crippen molar-refractivity contribution in [3.05, 3.63) is 117 Å². The summed E-state index contributed by atoms with van der Waals surface area (Å²) >= 11 is 1.02. The third-order valence-electron chi connectivity index (χ3n) is 5.36. The summed E-state index contributed by atoms with van der Waals surface area (Å²) in [5.74, 6) is -0.976. The average molecular weight is 472 g/mol. The molecule has 0 unspecified atom stereocenters. The molecule has 2 aromatic heterocycles. The van der Waals surface area contributed by atoms with Crippen LogP contribution in [-0.2, 0) is 0 Å². The first kappa shape index (κ1) is 21.7. The van der Waals surface area contributed by atoms with Crippen LogP contribution in [0, 0.1) is 12.7 Å². The Morgan fingerprint density at radius 1 is 0.912 bits per heavy atom. The summed E-state index contributed by atoms with van der Waals surface area (Å²) in [5.41, 5.74) is 0.886. The van der Waals surface area contributed by atoms with Crippen molar-refractivity contribution >= 4 is 22.7 Å². The maximum atomic E-state index is 14.1. The fourth-order valence-corrected chi connectivity index (χ4v) is 4.77. The van der Waals surface area contributed by atoms with Gasteiger partial charge < -0.3 is 9.52 Å². The van der Waals surface area contributed by atoms with Gasteiger partial charge in [0.15, 0.2) is 5.75 Å². The Balaban J connectivity index is 1.82. The van der Waals surface area contributed by atoms with Crippen molar-refractivity contribution in [2.75, 3.05) is 0 Å². The van der Waals surface area contributed by atoms with Crippen molar-refractivity contribution in [2.24, 2.45) is 0 Å². The Labute approximate surface area is 197 Å². The highest BCUT2D eigenvalue weighted by molar-refractivity contribution is 7.99. The van der Waals surface area contributed by atoms with Crippen LogP contribution in [0.5, 0.6) is 5.75 Å². The summed E-state index contributed by atoms with van der Waals surface area (Å²) in [6.45, 7) is 1.91. The van der Waals surface area contributed by atoms with Crippen LogP contribution in [0.15, 0.2) is 109 Å². The molecular formula is C27H18FNO4S. The minimum absolute atomic E-state index is 0.0485. The monoisotopic (exact) mass is 471 g/mol. The molecule has 5 rings (SSSR count). The molecule has 0 saturated carbocycles. The van der Waals surface area contributed by atoms with Gasteiger partial charge in [-0.1, -0.05) is 65.9 Å². The van der Waals surface area contributed by atoms with Crippen LogP contribution >= 0.6 is 11.8 Å². The Morgan fingerprint density at radius 2 is 1.68 bits per heavy atom. The zero-order chi connectivity index (χ0) is 23.8. The van der Waals surface area contributed by atoms with Crippen molar-refractivity contribution in [1.82, 2.24) is 4.57 Å². The SMILES string of the molecule is Cc1cccc(Sc2c(O)c3c(=O)n(-c4cccc(F)c4)c(-c4ccccc4)cc3oc2=O)c1. The molecule has 0 spiro atoms. The Kier molecular flexibility index (Phi) is 5.55. The number of nitrogens with zero attached hydrogens (tertiary/aromatic N) is 1. The molecule has 168 valence electrons. The van der Waals surface area contributed by atoms with Crippen LogP contribution in [0.25, 0.3) is 27.9 Å². The van der Waals surface area contributed by atoms with Gasteiger partial charge in [-0.25, -0.2) is 9.18 Å². The largest absolute Gasteiger partial charge is 0.505 e. The van der Waals surface area contributed by atoms with E-state index >= 15 is 0 Å². The lowest BCUT2D eigenvalue weighted by Gasteiger charge is -2.15. The van der Waals surface area contributed by atoms with Gasteiger partial charge in [-0.15, -0.1) is 0 Å². The van der Waals surface area contributed by atoms with E-state index in [1.807, 2.05) is 31.2 Å². The predicted octanol–water partition coefficient (Wildman–Crippen LogP) is 5.92. The van der Waals surface area contributed by atoms with Gasteiger partial charge in [0.05, 0.1) is 11.4 Å². The lowest BCUT2D eigenvalue weighted by atomic mass is 10.1. The molecule has 0 amide bonds. The van der Waals surface area contributed by atoms with E-state index in [0.717, 1.165) is 17.3 Å². The number of hydrogen-bond acceptors (Lipinski definition) is 5. The van der Waals surface area contributed by atoms with Crippen LogP contribution in [0.2, 0.25) is 0 Å². The minimum atomic E-state index is -0.751. The van der Waals surface area contributed by atoms with Gasteiger partial charge in [0, 0.05) is 11.0 Å². The highest BCUT2D eigenvalue weighted by Crippen LogP contribution is 2.37. The molecule has 0 aliphatic heterocycles. The molecule has 0 aliphatic carbocycles. The Morgan fingerprint density at radius 3 is 2.41 bits per heavy atom. The first-order chi connectivity index (χ1) is 16.4. The predicted molar refractivity (Wildman–Crippen MR) is 130 cm³/mol. The van der Waals surface area contributed by atoms with Crippen molar-refractivity contribution in [1.29, 1.82) is 0 Å². The van der Waals surface area contributed by atoms with E-state index in [-0.39, 0.29) is 21.6 Å². The average Bonchev–Trinajstić information content (AvgIpc) is 2.82. The van der Waals surface area contributed by atoms with Gasteiger partial charge in [-0.05, 0) is 42.8 Å². The fraction of sp³-hybridized carbons (Fsp3) is 0.0370. The number of fused-ring (bicyclic) bond motifs is 1. The van der Waals surface area contributed by atoms with E-state index in [1.54, 1.807) is 36.4 Å². The van der Waals surface area contributed by atoms with Gasteiger partial charge in [0.25, 0.3) is 5.56 Å². The number of pyridine rings is 1. The number of aromatic nitrogens is 1. The Hall–Kier alpha value is -4.10. The lowest BCUT2D eigenvalue weighted by Crippen LogP contribution is -2.22. The number of aryl methyl sites for hydroxylation is 1. The summed E-state index contributed by atoms with van der Waals surface area (Å²) in [7, 11) is 0. The Bertz CT molecular complexity index is 1660. The van der Waals surface area contributed by atoms with Gasteiger partial charge in [0.2, 0.25) is 0 Å². The molecule has 0 radical (unpaired) electrons. The number of rotatable bonds is 4. The third kappa shape index (κ3) is 3.91. The summed E-state index contributed by atoms with van der Waals surface area (Å²) in [4.78, 5) is 27.2. The topological polar surface area (TPSA) is 72.4 Å². The molecule has 34 heavy (non-hydrogen) atoms. The first-order valence-corrected chi connectivity index (χ1v) is 11.3. The van der Waals surface area contributed by atoms with Crippen molar-refractivity contribution in [3.8, 4) is 22.7 Å². The number of benzene rings is 3. The second-order valence-corrected chi connectivity index (χ2v) is 8.82. The molecular weight excluding hydrogens is 453 g/mol. The van der Waals surface area contributed by atoms with E-state index in [0.29, 0.717) is 16.2 Å². The second-order valence-electron chi connectivity index (χ2n) is 7.74. The van der Waals surface area contributed by atoms with Gasteiger partial charge in [-0.3, -0.25) is 9.36 Å². The molecule has 0 saturated heterocycles. The minimum Gasteiger partial charge on any atom is -0.505 e. The summed E-state index contributed by atoms with van der Waals surface area (Å²) < 4.78 is 20.9. The standard InChI is InChI=1S/C27H18FNO4S/c1-16-7-5-12-20(13-16)34-25-24(30)23-22(33-27(25)32)15-21(17-8-3-2-4-9-17)29(26(23)31)19-11-6-10-18(28)14-19/h2-15,30H,1H3. The maximum absolute atomic E-state index is 14.1. The molecule has 0 atom stereocenters. The third-order valence-corrected chi connectivity index (χ3v) is 6.41. The van der Waals surface area contributed by atoms with E-state index in [1.165, 1.54) is 28.8 Å². The first-order valence-electron chi connectivity index (χ1n) is 10.4. The normalized spacial score (nSPS) is 11.1. The molecule has 7 heteroatoms. The van der Waals surface area contributed by atoms with Crippen LogP contribution in [0.1, 0.15) is 5.56 Å². The van der Waals surface area contributed by atoms with Crippen molar-refractivity contribution in [2.45, 2.75) is 16.7 Å².